The Morgan fingerprint density at radius 3 is 2.37 bits per heavy atom. The smallest absolute Gasteiger partial charge is 0.172 e. The molecule has 2 N–H and O–H groups in total. The largest absolute Gasteiger partial charge is 0.394 e. The maximum absolute atomic E-state index is 14.0. The highest BCUT2D eigenvalue weighted by Gasteiger charge is 2.68. The minimum atomic E-state index is -0.951. The Hall–Kier alpha value is -1.29. The number of fused-ring (bicyclic) bond motifs is 6. The van der Waals surface area contributed by atoms with Gasteiger partial charge in [0.05, 0.1) is 73.8 Å². The van der Waals surface area contributed by atoms with Crippen molar-refractivity contribution in [3.05, 3.63) is 24.3 Å². The van der Waals surface area contributed by atoms with E-state index in [2.05, 4.69) is 20.1 Å². The van der Waals surface area contributed by atoms with E-state index in [9.17, 15) is 15.0 Å². The van der Waals surface area contributed by atoms with E-state index in [4.69, 9.17) is 42.6 Å². The Labute approximate surface area is 306 Å². The number of hydrogen-bond acceptors (Lipinski definition) is 12. The molecular weight excluding hydrogens is 672 g/mol. The van der Waals surface area contributed by atoms with Gasteiger partial charge in [-0.05, 0) is 62.0 Å². The highest BCUT2D eigenvalue weighted by atomic mass is 16.8. The molecule has 12 nitrogen and oxygen atoms in total. The molecule has 19 atom stereocenters. The Kier molecular flexibility index (Phi) is 10.0. The van der Waals surface area contributed by atoms with Gasteiger partial charge < -0.3 is 52.8 Å². The van der Waals surface area contributed by atoms with E-state index < -0.39 is 24.1 Å². The number of aliphatic hydroxyl groups is 2. The lowest BCUT2D eigenvalue weighted by atomic mass is 9.81. The van der Waals surface area contributed by atoms with Crippen molar-refractivity contribution in [1.82, 2.24) is 0 Å². The molecule has 10 saturated heterocycles. The molecule has 12 heteroatoms. The van der Waals surface area contributed by atoms with Gasteiger partial charge in [0.15, 0.2) is 5.79 Å². The SMILES string of the molecule is C=C1C[C@@H]2CC[C@@]34C[C@@H]5O[C@@H]6C(O[C@H]7CCC(CC(=O)C[C@@H]8[C@@H](OC)[C@@H](C[C@H](O)CO)O[C@H]8CC8O[C@@H](CCC1O2)C[C@@H](C)C8=C)OC7[C@@H]6O3)[C@H]5O4. The number of Topliss-reactive ketones (excluding diaryl/α,β-unsaturated/α-hetero) is 1. The predicted molar refractivity (Wildman–Crippen MR) is 184 cm³/mol. The van der Waals surface area contributed by atoms with Crippen molar-refractivity contribution < 1.29 is 57.6 Å². The van der Waals surface area contributed by atoms with Gasteiger partial charge in [-0.3, -0.25) is 4.79 Å². The van der Waals surface area contributed by atoms with Crippen molar-refractivity contribution in [3.8, 4) is 0 Å². The van der Waals surface area contributed by atoms with Crippen molar-refractivity contribution in [3.63, 3.8) is 0 Å². The maximum atomic E-state index is 14.0. The molecule has 10 heterocycles. The van der Waals surface area contributed by atoms with Gasteiger partial charge in [-0.1, -0.05) is 20.1 Å². The van der Waals surface area contributed by atoms with Crippen LogP contribution >= 0.6 is 0 Å². The molecule has 0 aliphatic carbocycles. The molecule has 0 saturated carbocycles. The number of carbonyl (C=O) groups is 1. The topological polar surface area (TPSA) is 141 Å². The van der Waals surface area contributed by atoms with Crippen molar-refractivity contribution in [1.29, 1.82) is 0 Å². The number of rotatable bonds is 4. The van der Waals surface area contributed by atoms with Gasteiger partial charge in [0.25, 0.3) is 0 Å². The molecular formula is C40H58O12. The average Bonchev–Trinajstić information content (AvgIpc) is 3.79. The molecule has 1 spiro atoms. The van der Waals surface area contributed by atoms with Crippen LogP contribution in [0.25, 0.3) is 0 Å². The molecule has 10 aliphatic heterocycles. The van der Waals surface area contributed by atoms with Crippen LogP contribution < -0.4 is 0 Å². The summed E-state index contributed by atoms with van der Waals surface area (Å²) in [4.78, 5) is 14.0. The van der Waals surface area contributed by atoms with Crippen molar-refractivity contribution >= 4 is 5.78 Å². The normalized spacial score (nSPS) is 52.4. The van der Waals surface area contributed by atoms with Crippen molar-refractivity contribution in [2.45, 2.75) is 194 Å². The molecule has 12 bridgehead atoms. The summed E-state index contributed by atoms with van der Waals surface area (Å²) in [5.41, 5.74) is 2.17. The second-order valence-corrected chi connectivity index (χ2v) is 17.4. The summed E-state index contributed by atoms with van der Waals surface area (Å²) in [5, 5.41) is 20.1. The van der Waals surface area contributed by atoms with Crippen LogP contribution in [0.3, 0.4) is 0 Å². The molecule has 290 valence electrons. The standard InChI is InChI=1S/C40H58O12/c1-19-11-24-5-7-28-20(2)12-26(45-28)9-10-40-17-33-36(51-40)37-38(50-33)39(52-40)35-29(49-37)8-6-25(47-35)13-22(42)14-27-31(16-30(46-24)21(19)3)48-32(34(27)44-4)15-23(43)18-41/h19,23-39,41,43H,2-3,5-18H2,1,4H3/t19-,23+,24+,25?,26+,27+,28?,29+,30?,31+,32-,33+,34-,35?,36+,37?,38-,39+,40+/m1/s1. The van der Waals surface area contributed by atoms with Crippen LogP contribution in [-0.4, -0.2) is 133 Å². The van der Waals surface area contributed by atoms with Crippen LogP contribution in [-0.2, 0) is 47.4 Å². The van der Waals surface area contributed by atoms with E-state index in [-0.39, 0.29) is 123 Å². The molecule has 52 heavy (non-hydrogen) atoms. The van der Waals surface area contributed by atoms with Crippen molar-refractivity contribution in [2.75, 3.05) is 13.7 Å². The highest BCUT2D eigenvalue weighted by Crippen LogP contribution is 2.54. The first-order valence-electron chi connectivity index (χ1n) is 20.1. The van der Waals surface area contributed by atoms with Crippen LogP contribution in [0.15, 0.2) is 24.3 Å². The van der Waals surface area contributed by atoms with Gasteiger partial charge in [0, 0.05) is 51.6 Å². The zero-order valence-electron chi connectivity index (χ0n) is 30.7. The lowest BCUT2D eigenvalue weighted by molar-refractivity contribution is -0.292. The molecule has 0 amide bonds. The quantitative estimate of drug-likeness (QED) is 0.410. The van der Waals surface area contributed by atoms with Crippen LogP contribution in [0.2, 0.25) is 0 Å². The third kappa shape index (κ3) is 6.59. The lowest BCUT2D eigenvalue weighted by Crippen LogP contribution is -2.61. The van der Waals surface area contributed by atoms with E-state index in [0.29, 0.717) is 25.7 Å². The van der Waals surface area contributed by atoms with Gasteiger partial charge in [-0.15, -0.1) is 0 Å². The Bertz CT molecular complexity index is 1370. The minimum Gasteiger partial charge on any atom is -0.394 e. The van der Waals surface area contributed by atoms with Crippen LogP contribution in [0.1, 0.15) is 90.4 Å². The first-order chi connectivity index (χ1) is 25.1. The molecule has 10 aliphatic rings. The molecule has 0 aromatic carbocycles. The Balaban J connectivity index is 0.994. The zero-order valence-corrected chi connectivity index (χ0v) is 30.7. The van der Waals surface area contributed by atoms with Gasteiger partial charge in [-0.25, -0.2) is 0 Å². The van der Waals surface area contributed by atoms with E-state index in [0.717, 1.165) is 49.7 Å². The molecule has 0 aromatic rings. The molecule has 0 radical (unpaired) electrons. The van der Waals surface area contributed by atoms with Gasteiger partial charge in [-0.2, -0.15) is 0 Å². The van der Waals surface area contributed by atoms with E-state index >= 15 is 0 Å². The summed E-state index contributed by atoms with van der Waals surface area (Å²) >= 11 is 0. The maximum Gasteiger partial charge on any atom is 0.172 e. The molecule has 5 unspecified atom stereocenters. The fourth-order valence-electron chi connectivity index (χ4n) is 11.3. The Morgan fingerprint density at radius 1 is 0.788 bits per heavy atom. The number of methoxy groups -OCH3 is 1. The highest BCUT2D eigenvalue weighted by molar-refractivity contribution is 5.79. The zero-order chi connectivity index (χ0) is 35.9. The molecule has 0 aromatic heterocycles. The summed E-state index contributed by atoms with van der Waals surface area (Å²) < 4.78 is 59.8. The van der Waals surface area contributed by atoms with Gasteiger partial charge >= 0.3 is 0 Å². The minimum absolute atomic E-state index is 0.0260. The molecule has 10 rings (SSSR count). The number of ketones is 1. The number of hydrogen-bond donors (Lipinski definition) is 2. The van der Waals surface area contributed by atoms with Gasteiger partial charge in [0.1, 0.15) is 36.3 Å². The summed E-state index contributed by atoms with van der Waals surface area (Å²) in [5.74, 6) is -0.709. The lowest BCUT2D eigenvalue weighted by Gasteiger charge is -2.47. The first-order valence-corrected chi connectivity index (χ1v) is 20.1. The third-order valence-electron chi connectivity index (χ3n) is 13.9. The number of ether oxygens (including phenoxy) is 9. The fourth-order valence-corrected chi connectivity index (χ4v) is 11.3. The van der Waals surface area contributed by atoms with E-state index in [1.165, 1.54) is 0 Å². The predicted octanol–water partition coefficient (Wildman–Crippen LogP) is 3.47. The Morgan fingerprint density at radius 2 is 1.54 bits per heavy atom. The van der Waals surface area contributed by atoms with E-state index in [1.54, 1.807) is 7.11 Å². The number of carbonyl (C=O) groups excluding carboxylic acids is 1. The summed E-state index contributed by atoms with van der Waals surface area (Å²) in [6, 6.07) is 0. The van der Waals surface area contributed by atoms with Crippen LogP contribution in [0.5, 0.6) is 0 Å². The van der Waals surface area contributed by atoms with Crippen LogP contribution in [0, 0.1) is 11.8 Å². The summed E-state index contributed by atoms with van der Waals surface area (Å²) in [7, 11) is 1.63. The van der Waals surface area contributed by atoms with Crippen LogP contribution in [0.4, 0.5) is 0 Å². The summed E-state index contributed by atoms with van der Waals surface area (Å²) in [6.07, 6.45) is 4.01. The fraction of sp³-hybridized carbons (Fsp3) is 0.875. The summed E-state index contributed by atoms with van der Waals surface area (Å²) in [6.45, 7) is 10.7. The van der Waals surface area contributed by atoms with E-state index in [1.807, 2.05) is 0 Å². The second kappa shape index (κ2) is 14.3. The first kappa shape index (κ1) is 36.4. The van der Waals surface area contributed by atoms with Crippen molar-refractivity contribution in [2.24, 2.45) is 11.8 Å². The average molecular weight is 731 g/mol. The van der Waals surface area contributed by atoms with Gasteiger partial charge in [0.2, 0.25) is 0 Å². The second-order valence-electron chi connectivity index (χ2n) is 17.4. The third-order valence-corrected chi connectivity index (χ3v) is 13.9. The monoisotopic (exact) mass is 730 g/mol. The molecule has 10 fully saturated rings. The number of aliphatic hydroxyl groups excluding tert-OH is 2.